The van der Waals surface area contributed by atoms with Crippen molar-refractivity contribution in [3.8, 4) is 0 Å². The van der Waals surface area contributed by atoms with Crippen LogP contribution in [0.15, 0.2) is 36.5 Å². The Bertz CT molecular complexity index is 509. The van der Waals surface area contributed by atoms with Gasteiger partial charge in [-0.25, -0.2) is 9.97 Å². The van der Waals surface area contributed by atoms with Crippen molar-refractivity contribution in [3.05, 3.63) is 58.6 Å². The normalized spacial score (nSPS) is 12.4. The van der Waals surface area contributed by atoms with E-state index in [1.807, 2.05) is 37.3 Å². The Balaban J connectivity index is 2.11. The lowest BCUT2D eigenvalue weighted by atomic mass is 10.1. The molecule has 2 N–H and O–H groups in total. The van der Waals surface area contributed by atoms with Crippen LogP contribution < -0.4 is 5.73 Å². The van der Waals surface area contributed by atoms with Gasteiger partial charge in [0.25, 0.3) is 0 Å². The molecule has 0 aliphatic carbocycles. The predicted octanol–water partition coefficient (Wildman–Crippen LogP) is 2.61. The van der Waals surface area contributed by atoms with Crippen molar-refractivity contribution in [2.45, 2.75) is 25.8 Å². The van der Waals surface area contributed by atoms with Crippen molar-refractivity contribution in [1.29, 1.82) is 0 Å². The summed E-state index contributed by atoms with van der Waals surface area (Å²) in [5, 5.41) is 0.741. The highest BCUT2D eigenvalue weighted by Crippen LogP contribution is 2.12. The Morgan fingerprint density at radius 2 is 1.94 bits per heavy atom. The molecule has 0 radical (unpaired) electrons. The Morgan fingerprint density at radius 3 is 2.61 bits per heavy atom. The maximum absolute atomic E-state index is 5.85. The molecule has 1 aromatic carbocycles. The van der Waals surface area contributed by atoms with Gasteiger partial charge >= 0.3 is 0 Å². The van der Waals surface area contributed by atoms with E-state index in [-0.39, 0.29) is 6.04 Å². The Labute approximate surface area is 112 Å². The number of benzene rings is 1. The molecule has 1 aromatic heterocycles. The van der Waals surface area contributed by atoms with Crippen LogP contribution in [0.3, 0.4) is 0 Å². The lowest BCUT2D eigenvalue weighted by Gasteiger charge is -2.06. The highest BCUT2D eigenvalue weighted by atomic mass is 35.5. The third-order valence-corrected chi connectivity index (χ3v) is 2.82. The highest BCUT2D eigenvalue weighted by Gasteiger charge is 2.03. The standard InChI is InChI=1S/C14H16ClN3/c1-10(16)8-13-6-7-17-14(18-13)9-11-2-4-12(15)5-3-11/h2-7,10H,8-9,16H2,1H3. The smallest absolute Gasteiger partial charge is 0.132 e. The van der Waals surface area contributed by atoms with Crippen LogP contribution >= 0.6 is 11.6 Å². The summed E-state index contributed by atoms with van der Waals surface area (Å²) in [6.07, 6.45) is 3.27. The molecule has 0 spiro atoms. The average Bonchev–Trinajstić information content (AvgIpc) is 2.32. The predicted molar refractivity (Wildman–Crippen MR) is 73.6 cm³/mol. The van der Waals surface area contributed by atoms with Crippen LogP contribution in [0.5, 0.6) is 0 Å². The molecule has 0 saturated heterocycles. The second kappa shape index (κ2) is 5.94. The van der Waals surface area contributed by atoms with Crippen molar-refractivity contribution in [2.24, 2.45) is 5.73 Å². The fourth-order valence-electron chi connectivity index (χ4n) is 1.75. The Kier molecular flexibility index (Phi) is 4.28. The van der Waals surface area contributed by atoms with Gasteiger partial charge in [-0.2, -0.15) is 0 Å². The molecular weight excluding hydrogens is 246 g/mol. The van der Waals surface area contributed by atoms with Crippen LogP contribution in [0.25, 0.3) is 0 Å². The topological polar surface area (TPSA) is 51.8 Å². The number of rotatable bonds is 4. The average molecular weight is 262 g/mol. The first kappa shape index (κ1) is 13.0. The molecule has 0 fully saturated rings. The van der Waals surface area contributed by atoms with Crippen LogP contribution in [0, 0.1) is 0 Å². The van der Waals surface area contributed by atoms with Crippen LogP contribution in [-0.4, -0.2) is 16.0 Å². The molecule has 0 saturated carbocycles. The summed E-state index contributed by atoms with van der Waals surface area (Å²) in [4.78, 5) is 8.79. The van der Waals surface area contributed by atoms with E-state index >= 15 is 0 Å². The van der Waals surface area contributed by atoms with Gasteiger partial charge in [0.15, 0.2) is 0 Å². The van der Waals surface area contributed by atoms with E-state index in [4.69, 9.17) is 17.3 Å². The maximum atomic E-state index is 5.85. The van der Waals surface area contributed by atoms with Gasteiger partial charge in [-0.3, -0.25) is 0 Å². The first-order chi connectivity index (χ1) is 8.63. The van der Waals surface area contributed by atoms with Crippen molar-refractivity contribution in [3.63, 3.8) is 0 Å². The van der Waals surface area contributed by atoms with E-state index < -0.39 is 0 Å². The first-order valence-electron chi connectivity index (χ1n) is 5.94. The third-order valence-electron chi connectivity index (χ3n) is 2.57. The van der Waals surface area contributed by atoms with E-state index in [0.717, 1.165) is 28.5 Å². The largest absolute Gasteiger partial charge is 0.328 e. The Hall–Kier alpha value is -1.45. The Morgan fingerprint density at radius 1 is 1.22 bits per heavy atom. The molecule has 2 aromatic rings. The molecule has 1 atom stereocenters. The van der Waals surface area contributed by atoms with Gasteiger partial charge in [-0.15, -0.1) is 0 Å². The molecule has 1 heterocycles. The van der Waals surface area contributed by atoms with Gasteiger partial charge in [0.05, 0.1) is 0 Å². The maximum Gasteiger partial charge on any atom is 0.132 e. The van der Waals surface area contributed by atoms with Gasteiger partial charge in [0.2, 0.25) is 0 Å². The number of aromatic nitrogens is 2. The second-order valence-electron chi connectivity index (χ2n) is 4.45. The molecule has 94 valence electrons. The first-order valence-corrected chi connectivity index (χ1v) is 6.32. The minimum atomic E-state index is 0.114. The van der Waals surface area contributed by atoms with Crippen LogP contribution in [-0.2, 0) is 12.8 Å². The second-order valence-corrected chi connectivity index (χ2v) is 4.89. The summed E-state index contributed by atoms with van der Waals surface area (Å²) >= 11 is 5.85. The zero-order chi connectivity index (χ0) is 13.0. The van der Waals surface area contributed by atoms with E-state index in [0.29, 0.717) is 6.42 Å². The summed E-state index contributed by atoms with van der Waals surface area (Å²) in [5.74, 6) is 0.815. The summed E-state index contributed by atoms with van der Waals surface area (Å²) in [6.45, 7) is 1.97. The molecule has 4 heteroatoms. The van der Waals surface area contributed by atoms with E-state index in [2.05, 4.69) is 9.97 Å². The third kappa shape index (κ3) is 3.79. The molecule has 1 unspecified atom stereocenters. The number of hydrogen-bond donors (Lipinski definition) is 1. The minimum absolute atomic E-state index is 0.114. The van der Waals surface area contributed by atoms with Crippen molar-refractivity contribution >= 4 is 11.6 Å². The molecule has 0 aliphatic heterocycles. The fraction of sp³-hybridized carbons (Fsp3) is 0.286. The SMILES string of the molecule is CC(N)Cc1ccnc(Cc2ccc(Cl)cc2)n1. The molecule has 0 amide bonds. The molecule has 0 aliphatic rings. The van der Waals surface area contributed by atoms with Gasteiger partial charge in [0, 0.05) is 35.8 Å². The van der Waals surface area contributed by atoms with Crippen LogP contribution in [0.1, 0.15) is 24.0 Å². The van der Waals surface area contributed by atoms with Crippen molar-refractivity contribution < 1.29 is 0 Å². The van der Waals surface area contributed by atoms with Crippen molar-refractivity contribution in [1.82, 2.24) is 9.97 Å². The van der Waals surface area contributed by atoms with Gasteiger partial charge in [-0.1, -0.05) is 23.7 Å². The summed E-state index contributed by atoms with van der Waals surface area (Å²) < 4.78 is 0. The van der Waals surface area contributed by atoms with Gasteiger partial charge in [-0.05, 0) is 30.7 Å². The molecule has 3 nitrogen and oxygen atoms in total. The fourth-order valence-corrected chi connectivity index (χ4v) is 1.88. The monoisotopic (exact) mass is 261 g/mol. The van der Waals surface area contributed by atoms with E-state index in [1.54, 1.807) is 6.20 Å². The number of hydrogen-bond acceptors (Lipinski definition) is 3. The minimum Gasteiger partial charge on any atom is -0.328 e. The number of nitrogens with zero attached hydrogens (tertiary/aromatic N) is 2. The lowest BCUT2D eigenvalue weighted by Crippen LogP contribution is -2.19. The van der Waals surface area contributed by atoms with E-state index in [1.165, 1.54) is 0 Å². The van der Waals surface area contributed by atoms with E-state index in [9.17, 15) is 0 Å². The van der Waals surface area contributed by atoms with Crippen molar-refractivity contribution in [2.75, 3.05) is 0 Å². The summed E-state index contributed by atoms with van der Waals surface area (Å²) in [6, 6.07) is 9.76. The zero-order valence-corrected chi connectivity index (χ0v) is 11.1. The number of nitrogens with two attached hydrogens (primary N) is 1. The van der Waals surface area contributed by atoms with Gasteiger partial charge in [0.1, 0.15) is 5.82 Å². The zero-order valence-electron chi connectivity index (χ0n) is 10.3. The highest BCUT2D eigenvalue weighted by molar-refractivity contribution is 6.30. The molecule has 2 rings (SSSR count). The molecule has 0 bridgehead atoms. The quantitative estimate of drug-likeness (QED) is 0.921. The lowest BCUT2D eigenvalue weighted by molar-refractivity contribution is 0.713. The van der Waals surface area contributed by atoms with Crippen LogP contribution in [0.4, 0.5) is 0 Å². The summed E-state index contributed by atoms with van der Waals surface area (Å²) in [7, 11) is 0. The number of halogens is 1. The molecule has 18 heavy (non-hydrogen) atoms. The molecular formula is C14H16ClN3. The summed E-state index contributed by atoms with van der Waals surface area (Å²) in [5.41, 5.74) is 7.91. The van der Waals surface area contributed by atoms with Gasteiger partial charge < -0.3 is 5.73 Å². The van der Waals surface area contributed by atoms with Crippen LogP contribution in [0.2, 0.25) is 5.02 Å².